The van der Waals surface area contributed by atoms with E-state index in [1.54, 1.807) is 0 Å². The summed E-state index contributed by atoms with van der Waals surface area (Å²) in [4.78, 5) is 0. The molecule has 2 atom stereocenters. The quantitative estimate of drug-likeness (QED) is 0.613. The molecular weight excluding hydrogens is 142 g/mol. The van der Waals surface area contributed by atoms with Gasteiger partial charge in [-0.15, -0.1) is 0 Å². The lowest BCUT2D eigenvalue weighted by Crippen LogP contribution is -2.37. The molecule has 1 unspecified atom stereocenters. The van der Waals surface area contributed by atoms with Crippen molar-refractivity contribution in [2.45, 2.75) is 31.8 Å². The molecule has 0 saturated carbocycles. The zero-order valence-corrected chi connectivity index (χ0v) is 7.05. The first-order valence-corrected chi connectivity index (χ1v) is 4.27. The largest absolute Gasteiger partial charge is 0.396 e. The van der Waals surface area contributed by atoms with Gasteiger partial charge in [0.15, 0.2) is 0 Å². The molecule has 0 radical (unpaired) electrons. The second-order valence-electron chi connectivity index (χ2n) is 3.14. The molecular formula is C8H17NO2. The van der Waals surface area contributed by atoms with Gasteiger partial charge >= 0.3 is 0 Å². The van der Waals surface area contributed by atoms with Crippen molar-refractivity contribution in [1.82, 2.24) is 5.32 Å². The molecule has 0 amide bonds. The summed E-state index contributed by atoms with van der Waals surface area (Å²) >= 11 is 0. The molecule has 11 heavy (non-hydrogen) atoms. The van der Waals surface area contributed by atoms with Gasteiger partial charge in [-0.2, -0.15) is 0 Å². The first-order valence-electron chi connectivity index (χ1n) is 4.27. The Balaban J connectivity index is 2.08. The van der Waals surface area contributed by atoms with Gasteiger partial charge in [0.05, 0.1) is 6.61 Å². The maximum Gasteiger partial charge on any atom is 0.0620 e. The van der Waals surface area contributed by atoms with Crippen molar-refractivity contribution in [3.05, 3.63) is 0 Å². The summed E-state index contributed by atoms with van der Waals surface area (Å²) in [7, 11) is 0. The number of hydrogen-bond acceptors (Lipinski definition) is 3. The molecule has 0 bridgehead atoms. The molecule has 0 aromatic carbocycles. The van der Waals surface area contributed by atoms with Gasteiger partial charge in [-0.3, -0.25) is 0 Å². The van der Waals surface area contributed by atoms with Crippen LogP contribution in [0.25, 0.3) is 0 Å². The Morgan fingerprint density at radius 2 is 2.55 bits per heavy atom. The molecule has 3 nitrogen and oxygen atoms in total. The van der Waals surface area contributed by atoms with E-state index < -0.39 is 0 Å². The minimum atomic E-state index is 0.266. The highest BCUT2D eigenvalue weighted by atomic mass is 16.5. The Hall–Kier alpha value is -0.120. The third-order valence-electron chi connectivity index (χ3n) is 2.01. The molecule has 3 heteroatoms. The van der Waals surface area contributed by atoms with Crippen LogP contribution in [0.3, 0.4) is 0 Å². The monoisotopic (exact) mass is 159 g/mol. The standard InChI is InChI=1S/C8H17NO2/c1-7(2-4-10)9-8-3-5-11-6-8/h7-10H,2-6H2,1H3/t7-,8?/m0/s1. The van der Waals surface area contributed by atoms with E-state index in [9.17, 15) is 0 Å². The Morgan fingerprint density at radius 1 is 1.73 bits per heavy atom. The van der Waals surface area contributed by atoms with Crippen LogP contribution in [0.15, 0.2) is 0 Å². The lowest BCUT2D eigenvalue weighted by molar-refractivity contribution is 0.186. The third-order valence-corrected chi connectivity index (χ3v) is 2.01. The number of hydrogen-bond donors (Lipinski definition) is 2. The summed E-state index contributed by atoms with van der Waals surface area (Å²) < 4.78 is 5.21. The van der Waals surface area contributed by atoms with Crippen LogP contribution in [0.1, 0.15) is 19.8 Å². The van der Waals surface area contributed by atoms with Crippen molar-refractivity contribution >= 4 is 0 Å². The van der Waals surface area contributed by atoms with Crippen molar-refractivity contribution in [2.24, 2.45) is 0 Å². The predicted molar refractivity (Wildman–Crippen MR) is 43.5 cm³/mol. The molecule has 1 fully saturated rings. The highest BCUT2D eigenvalue weighted by molar-refractivity contribution is 4.74. The van der Waals surface area contributed by atoms with Crippen molar-refractivity contribution < 1.29 is 9.84 Å². The van der Waals surface area contributed by atoms with E-state index in [1.807, 2.05) is 0 Å². The summed E-state index contributed by atoms with van der Waals surface area (Å²) in [5.41, 5.74) is 0. The zero-order chi connectivity index (χ0) is 8.10. The Labute approximate surface area is 67.7 Å². The summed E-state index contributed by atoms with van der Waals surface area (Å²) in [5, 5.41) is 12.0. The summed E-state index contributed by atoms with van der Waals surface area (Å²) in [6, 6.07) is 0.920. The van der Waals surface area contributed by atoms with Gasteiger partial charge in [-0.25, -0.2) is 0 Å². The average Bonchev–Trinajstić information content (AvgIpc) is 2.40. The minimum Gasteiger partial charge on any atom is -0.396 e. The first-order chi connectivity index (χ1) is 5.33. The van der Waals surface area contributed by atoms with Crippen molar-refractivity contribution in [3.63, 3.8) is 0 Å². The Morgan fingerprint density at radius 3 is 3.09 bits per heavy atom. The Kier molecular flexibility index (Phi) is 3.83. The molecule has 1 rings (SSSR count). The maximum absolute atomic E-state index is 8.64. The molecule has 1 aliphatic rings. The second-order valence-corrected chi connectivity index (χ2v) is 3.14. The topological polar surface area (TPSA) is 41.5 Å². The van der Waals surface area contributed by atoms with Crippen molar-refractivity contribution in [2.75, 3.05) is 19.8 Å². The van der Waals surface area contributed by atoms with Gasteiger partial charge in [0.1, 0.15) is 0 Å². The predicted octanol–water partition coefficient (Wildman–Crippen LogP) is 0.136. The van der Waals surface area contributed by atoms with E-state index in [0.29, 0.717) is 12.1 Å². The van der Waals surface area contributed by atoms with Gasteiger partial charge in [-0.05, 0) is 19.8 Å². The van der Waals surface area contributed by atoms with E-state index in [1.165, 1.54) is 0 Å². The molecule has 1 heterocycles. The van der Waals surface area contributed by atoms with Crippen LogP contribution >= 0.6 is 0 Å². The van der Waals surface area contributed by atoms with Crippen LogP contribution in [0.5, 0.6) is 0 Å². The number of aliphatic hydroxyl groups is 1. The van der Waals surface area contributed by atoms with E-state index in [-0.39, 0.29) is 6.61 Å². The van der Waals surface area contributed by atoms with Gasteiger partial charge in [-0.1, -0.05) is 0 Å². The van der Waals surface area contributed by atoms with Crippen LogP contribution < -0.4 is 5.32 Å². The fraction of sp³-hybridized carbons (Fsp3) is 1.00. The van der Waals surface area contributed by atoms with Crippen LogP contribution in [-0.2, 0) is 4.74 Å². The number of rotatable bonds is 4. The highest BCUT2D eigenvalue weighted by Crippen LogP contribution is 2.05. The summed E-state index contributed by atoms with van der Waals surface area (Å²) in [6.07, 6.45) is 1.94. The SMILES string of the molecule is C[C@@H](CCO)NC1CCOC1. The van der Waals surface area contributed by atoms with E-state index in [0.717, 1.165) is 26.1 Å². The smallest absolute Gasteiger partial charge is 0.0620 e. The van der Waals surface area contributed by atoms with Gasteiger partial charge in [0.2, 0.25) is 0 Å². The van der Waals surface area contributed by atoms with Crippen LogP contribution in [0.2, 0.25) is 0 Å². The van der Waals surface area contributed by atoms with E-state index >= 15 is 0 Å². The highest BCUT2D eigenvalue weighted by Gasteiger charge is 2.16. The molecule has 0 aromatic rings. The fourth-order valence-electron chi connectivity index (χ4n) is 1.35. The second kappa shape index (κ2) is 4.70. The van der Waals surface area contributed by atoms with Crippen LogP contribution in [-0.4, -0.2) is 37.0 Å². The fourth-order valence-corrected chi connectivity index (χ4v) is 1.35. The molecule has 1 aliphatic heterocycles. The van der Waals surface area contributed by atoms with Crippen molar-refractivity contribution in [1.29, 1.82) is 0 Å². The van der Waals surface area contributed by atoms with Gasteiger partial charge in [0, 0.05) is 25.3 Å². The normalized spacial score (nSPS) is 27.3. The van der Waals surface area contributed by atoms with Crippen LogP contribution in [0, 0.1) is 0 Å². The summed E-state index contributed by atoms with van der Waals surface area (Å²) in [5.74, 6) is 0. The van der Waals surface area contributed by atoms with Crippen LogP contribution in [0.4, 0.5) is 0 Å². The molecule has 0 aliphatic carbocycles. The number of aliphatic hydroxyl groups excluding tert-OH is 1. The van der Waals surface area contributed by atoms with E-state index in [4.69, 9.17) is 9.84 Å². The molecule has 0 spiro atoms. The van der Waals surface area contributed by atoms with Gasteiger partial charge in [0.25, 0.3) is 0 Å². The lowest BCUT2D eigenvalue weighted by Gasteiger charge is -2.16. The minimum absolute atomic E-state index is 0.266. The first kappa shape index (κ1) is 8.97. The third kappa shape index (κ3) is 3.18. The molecule has 2 N–H and O–H groups in total. The zero-order valence-electron chi connectivity index (χ0n) is 7.05. The Bertz CT molecular complexity index is 102. The van der Waals surface area contributed by atoms with E-state index in [2.05, 4.69) is 12.2 Å². The summed E-state index contributed by atoms with van der Waals surface area (Å²) in [6.45, 7) is 4.07. The molecule has 66 valence electrons. The maximum atomic E-state index is 8.64. The number of ether oxygens (including phenoxy) is 1. The molecule has 0 aromatic heterocycles. The average molecular weight is 159 g/mol. The lowest BCUT2D eigenvalue weighted by atomic mass is 10.2. The number of nitrogens with one attached hydrogen (secondary N) is 1. The molecule has 1 saturated heterocycles. The van der Waals surface area contributed by atoms with Gasteiger partial charge < -0.3 is 15.2 Å². The van der Waals surface area contributed by atoms with Crippen molar-refractivity contribution in [3.8, 4) is 0 Å².